The van der Waals surface area contributed by atoms with Crippen LogP contribution in [0.1, 0.15) is 66.4 Å². The first-order valence-electron chi connectivity index (χ1n) is 14.6. The third-order valence-electron chi connectivity index (χ3n) is 5.57. The number of nitrogens with one attached hydrogen (secondary N) is 4. The molecule has 3 atom stereocenters. The van der Waals surface area contributed by atoms with Crippen molar-refractivity contribution in [3.05, 3.63) is 53.0 Å². The van der Waals surface area contributed by atoms with Gasteiger partial charge in [-0.05, 0) is 31.7 Å². The molecule has 6 N–H and O–H groups in total. The Morgan fingerprint density at radius 2 is 1.47 bits per heavy atom. The summed E-state index contributed by atoms with van der Waals surface area (Å²) >= 11 is 0. The fourth-order valence-electron chi connectivity index (χ4n) is 3.29. The van der Waals surface area contributed by atoms with Gasteiger partial charge in [0.1, 0.15) is 18.4 Å². The monoisotopic (exact) mass is 632 g/mol. The molecule has 0 aliphatic heterocycles. The SMILES string of the molecule is C=C(C)CNC(=O)C(Cc1ccccc1)NC(=O)C(CC(C)C)NC(=O)CNC(=O)CCC(N)=O.CC.CC(C=O)C(=O)N=O. The molecule has 14 heteroatoms. The average molecular weight is 633 g/mol. The Hall–Kier alpha value is -4.75. The van der Waals surface area contributed by atoms with Gasteiger partial charge in [-0.2, -0.15) is 0 Å². The Balaban J connectivity index is 0. The van der Waals surface area contributed by atoms with Gasteiger partial charge in [0.25, 0.3) is 5.91 Å². The van der Waals surface area contributed by atoms with Gasteiger partial charge in [0.05, 0.1) is 12.5 Å². The van der Waals surface area contributed by atoms with E-state index in [0.717, 1.165) is 11.1 Å². The minimum Gasteiger partial charge on any atom is -0.370 e. The van der Waals surface area contributed by atoms with Gasteiger partial charge in [-0.1, -0.05) is 70.2 Å². The standard InChI is InChI=1S/C25H37N5O5.C4H5NO3.C2H6/c1-16(2)12-19(29-23(33)15-27-22(32)11-10-21(26)31)25(35)30-20(24(34)28-14-17(3)4)13-18-8-6-5-7-9-18;1-3(2-6)4(7)5-8;1-2/h5-9,16,19-20H,3,10-15H2,1-2,4H3,(H2,26,31)(H,27,32)(H,28,34)(H,29,33)(H,30,35);2-3H,1H3;1-2H3. The summed E-state index contributed by atoms with van der Waals surface area (Å²) in [4.78, 5) is 89.9. The van der Waals surface area contributed by atoms with Crippen LogP contribution in [0.25, 0.3) is 0 Å². The zero-order valence-electron chi connectivity index (χ0n) is 27.0. The van der Waals surface area contributed by atoms with E-state index in [4.69, 9.17) is 5.73 Å². The van der Waals surface area contributed by atoms with Crippen molar-refractivity contribution in [2.24, 2.45) is 22.7 Å². The molecule has 0 aliphatic rings. The molecule has 45 heavy (non-hydrogen) atoms. The zero-order chi connectivity index (χ0) is 34.9. The molecule has 0 saturated heterocycles. The van der Waals surface area contributed by atoms with Gasteiger partial charge >= 0.3 is 0 Å². The number of benzene rings is 1. The fourth-order valence-corrected chi connectivity index (χ4v) is 3.29. The third-order valence-corrected chi connectivity index (χ3v) is 5.57. The van der Waals surface area contributed by atoms with E-state index in [-0.39, 0.29) is 44.2 Å². The van der Waals surface area contributed by atoms with Crippen molar-refractivity contribution in [3.8, 4) is 0 Å². The molecule has 14 nitrogen and oxygen atoms in total. The Bertz CT molecular complexity index is 1140. The van der Waals surface area contributed by atoms with Gasteiger partial charge in [0.15, 0.2) is 0 Å². The van der Waals surface area contributed by atoms with Crippen molar-refractivity contribution in [2.75, 3.05) is 13.1 Å². The van der Waals surface area contributed by atoms with Gasteiger partial charge in [0.2, 0.25) is 29.5 Å². The molecule has 1 aromatic rings. The number of nitrogens with two attached hydrogens (primary N) is 1. The highest BCUT2D eigenvalue weighted by molar-refractivity contribution is 5.93. The van der Waals surface area contributed by atoms with Gasteiger partial charge < -0.3 is 31.8 Å². The predicted octanol–water partition coefficient (Wildman–Crippen LogP) is 1.46. The van der Waals surface area contributed by atoms with E-state index in [1.165, 1.54) is 6.92 Å². The molecule has 3 unspecified atom stereocenters. The predicted molar refractivity (Wildman–Crippen MR) is 170 cm³/mol. The second-order valence-corrected chi connectivity index (χ2v) is 10.3. The number of amides is 6. The first-order chi connectivity index (χ1) is 21.2. The van der Waals surface area contributed by atoms with Crippen LogP contribution in [0.4, 0.5) is 0 Å². The number of primary amides is 1. The molecule has 0 heterocycles. The van der Waals surface area contributed by atoms with Crippen molar-refractivity contribution in [1.29, 1.82) is 0 Å². The highest BCUT2D eigenvalue weighted by Gasteiger charge is 2.27. The lowest BCUT2D eigenvalue weighted by Crippen LogP contribution is -2.55. The van der Waals surface area contributed by atoms with Crippen molar-refractivity contribution in [2.45, 2.75) is 79.3 Å². The van der Waals surface area contributed by atoms with Crippen LogP contribution in [-0.2, 0) is 40.0 Å². The van der Waals surface area contributed by atoms with E-state index in [0.29, 0.717) is 12.7 Å². The van der Waals surface area contributed by atoms with Crippen LogP contribution >= 0.6 is 0 Å². The Kier molecular flexibility index (Phi) is 23.2. The normalized spacial score (nSPS) is 11.8. The number of aldehydes is 1. The Morgan fingerprint density at radius 3 is 1.93 bits per heavy atom. The van der Waals surface area contributed by atoms with Crippen LogP contribution in [0, 0.1) is 16.7 Å². The minimum atomic E-state index is -0.917. The molecule has 0 spiro atoms. The lowest BCUT2D eigenvalue weighted by molar-refractivity contribution is -0.132. The molecule has 1 aromatic carbocycles. The van der Waals surface area contributed by atoms with Crippen molar-refractivity contribution in [3.63, 3.8) is 0 Å². The quantitative estimate of drug-likeness (QED) is 0.0730. The first kappa shape index (κ1) is 42.4. The number of nitrogens with zero attached hydrogens (tertiary/aromatic N) is 1. The maximum absolute atomic E-state index is 13.1. The first-order valence-corrected chi connectivity index (χ1v) is 14.6. The van der Waals surface area contributed by atoms with Crippen molar-refractivity contribution >= 4 is 41.7 Å². The topological polar surface area (TPSA) is 223 Å². The lowest BCUT2D eigenvalue weighted by Gasteiger charge is -2.24. The van der Waals surface area contributed by atoms with Crippen LogP contribution in [-0.4, -0.2) is 66.9 Å². The fraction of sp³-hybridized carbons (Fsp3) is 0.516. The van der Waals surface area contributed by atoms with E-state index >= 15 is 0 Å². The smallest absolute Gasteiger partial charge is 0.296 e. The number of carbonyl (C=O) groups excluding carboxylic acids is 7. The highest BCUT2D eigenvalue weighted by Crippen LogP contribution is 2.08. The molecule has 1 rings (SSSR count). The van der Waals surface area contributed by atoms with Gasteiger partial charge in [-0.15, -0.1) is 4.91 Å². The zero-order valence-corrected chi connectivity index (χ0v) is 27.0. The molecule has 0 bridgehead atoms. The maximum Gasteiger partial charge on any atom is 0.296 e. The van der Waals surface area contributed by atoms with E-state index < -0.39 is 47.5 Å². The number of hydrogen-bond acceptors (Lipinski definition) is 8. The molecule has 0 fully saturated rings. The summed E-state index contributed by atoms with van der Waals surface area (Å²) in [6.45, 7) is 14.6. The van der Waals surface area contributed by atoms with Crippen LogP contribution < -0.4 is 27.0 Å². The molecule has 0 saturated carbocycles. The largest absolute Gasteiger partial charge is 0.370 e. The van der Waals surface area contributed by atoms with Crippen LogP contribution in [0.5, 0.6) is 0 Å². The van der Waals surface area contributed by atoms with E-state index in [1.54, 1.807) is 6.92 Å². The van der Waals surface area contributed by atoms with Gasteiger partial charge in [-0.3, -0.25) is 28.8 Å². The summed E-state index contributed by atoms with van der Waals surface area (Å²) in [5.41, 5.74) is 6.65. The molecule has 0 aliphatic carbocycles. The lowest BCUT2D eigenvalue weighted by atomic mass is 10.0. The summed E-state index contributed by atoms with van der Waals surface area (Å²) in [5, 5.41) is 12.6. The van der Waals surface area contributed by atoms with E-state index in [9.17, 15) is 38.5 Å². The molecule has 0 aromatic heterocycles. The average Bonchev–Trinajstić information content (AvgIpc) is 3.01. The molecule has 6 amide bonds. The molecular weight excluding hydrogens is 584 g/mol. The summed E-state index contributed by atoms with van der Waals surface area (Å²) in [6.07, 6.45) is 0.732. The summed E-state index contributed by atoms with van der Waals surface area (Å²) < 4.78 is 0. The summed E-state index contributed by atoms with van der Waals surface area (Å²) in [7, 11) is 0. The van der Waals surface area contributed by atoms with Crippen molar-refractivity contribution in [1.82, 2.24) is 21.3 Å². The summed E-state index contributed by atoms with van der Waals surface area (Å²) in [5.74, 6) is -4.27. The molecule has 250 valence electrons. The minimum absolute atomic E-state index is 0.0704. The number of nitroso groups, excluding NO2 is 1. The second-order valence-electron chi connectivity index (χ2n) is 10.3. The van der Waals surface area contributed by atoms with E-state index in [2.05, 4.69) is 27.8 Å². The van der Waals surface area contributed by atoms with E-state index in [1.807, 2.05) is 63.2 Å². The number of rotatable bonds is 17. The Morgan fingerprint density at radius 1 is 0.867 bits per heavy atom. The van der Waals surface area contributed by atoms with Gasteiger partial charge in [0, 0.05) is 31.0 Å². The van der Waals surface area contributed by atoms with Crippen molar-refractivity contribution < 1.29 is 33.6 Å². The molecule has 0 radical (unpaired) electrons. The number of hydrogen-bond donors (Lipinski definition) is 5. The third kappa shape index (κ3) is 21.6. The maximum atomic E-state index is 13.1. The highest BCUT2D eigenvalue weighted by atomic mass is 16.3. The van der Waals surface area contributed by atoms with Crippen LogP contribution in [0.2, 0.25) is 0 Å². The Labute approximate surface area is 264 Å². The second kappa shape index (κ2) is 24.7. The van der Waals surface area contributed by atoms with Crippen LogP contribution in [0.15, 0.2) is 47.7 Å². The summed E-state index contributed by atoms with van der Waals surface area (Å²) in [6, 6.07) is 7.51. The van der Waals surface area contributed by atoms with Gasteiger partial charge in [-0.25, -0.2) is 0 Å². The molecular formula is C31H48N6O8. The van der Waals surface area contributed by atoms with Crippen LogP contribution in [0.3, 0.4) is 0 Å². The number of carbonyl (C=O) groups is 7.